The lowest BCUT2D eigenvalue weighted by Crippen LogP contribution is -2.49. The molecule has 0 saturated carbocycles. The third kappa shape index (κ3) is 4.52. The van der Waals surface area contributed by atoms with Crippen molar-refractivity contribution in [2.24, 2.45) is 0 Å². The first-order chi connectivity index (χ1) is 8.51. The summed E-state index contributed by atoms with van der Waals surface area (Å²) in [7, 11) is 3.84. The molecule has 3 heteroatoms. The zero-order chi connectivity index (χ0) is 13.6. The van der Waals surface area contributed by atoms with Gasteiger partial charge in [-0.1, -0.05) is 12.8 Å². The van der Waals surface area contributed by atoms with E-state index < -0.39 is 0 Å². The van der Waals surface area contributed by atoms with E-state index in [0.717, 1.165) is 12.5 Å². The lowest BCUT2D eigenvalue weighted by molar-refractivity contribution is -0.0136. The average Bonchev–Trinajstić information content (AvgIpc) is 2.55. The van der Waals surface area contributed by atoms with Crippen molar-refractivity contribution in [3.8, 4) is 0 Å². The number of rotatable bonds is 6. The van der Waals surface area contributed by atoms with Crippen molar-refractivity contribution in [3.05, 3.63) is 0 Å². The highest BCUT2D eigenvalue weighted by molar-refractivity contribution is 4.86. The Hall–Kier alpha value is -0.120. The fraction of sp³-hybridized carbons (Fsp3) is 1.00. The number of ether oxygens (including phenoxy) is 1. The fourth-order valence-corrected chi connectivity index (χ4v) is 2.94. The molecule has 0 bridgehead atoms. The van der Waals surface area contributed by atoms with Crippen LogP contribution in [0.15, 0.2) is 0 Å². The maximum absolute atomic E-state index is 5.60. The van der Waals surface area contributed by atoms with Crippen LogP contribution in [0.25, 0.3) is 0 Å². The predicted molar refractivity (Wildman–Crippen MR) is 78.1 cm³/mol. The molecule has 18 heavy (non-hydrogen) atoms. The van der Waals surface area contributed by atoms with Crippen molar-refractivity contribution >= 4 is 0 Å². The molecule has 2 unspecified atom stereocenters. The van der Waals surface area contributed by atoms with Crippen LogP contribution in [0.5, 0.6) is 0 Å². The Balaban J connectivity index is 2.46. The molecule has 0 aromatic rings. The maximum Gasteiger partial charge on any atom is 0.0775 e. The summed E-state index contributed by atoms with van der Waals surface area (Å²) in [6.45, 7) is 9.16. The van der Waals surface area contributed by atoms with E-state index in [1.807, 2.05) is 7.05 Å². The van der Waals surface area contributed by atoms with Crippen LogP contribution in [0.2, 0.25) is 0 Å². The van der Waals surface area contributed by atoms with E-state index >= 15 is 0 Å². The minimum absolute atomic E-state index is 0.0934. The van der Waals surface area contributed by atoms with Crippen LogP contribution in [0.3, 0.4) is 0 Å². The normalized spacial score (nSPS) is 24.8. The summed E-state index contributed by atoms with van der Waals surface area (Å²) in [4.78, 5) is 2.66. The summed E-state index contributed by atoms with van der Waals surface area (Å²) in [5.74, 6) is 0. The molecule has 0 aliphatic carbocycles. The Morgan fingerprint density at radius 2 is 2.06 bits per heavy atom. The predicted octanol–water partition coefficient (Wildman–Crippen LogP) is 2.65. The van der Waals surface area contributed by atoms with Crippen LogP contribution < -0.4 is 5.32 Å². The van der Waals surface area contributed by atoms with Gasteiger partial charge in [-0.05, 0) is 53.6 Å². The highest BCUT2D eigenvalue weighted by Gasteiger charge is 2.28. The molecule has 108 valence electrons. The first-order valence-electron chi connectivity index (χ1n) is 7.47. The molecule has 1 heterocycles. The number of hydrogen-bond donors (Lipinski definition) is 1. The van der Waals surface area contributed by atoms with Crippen molar-refractivity contribution < 1.29 is 4.74 Å². The van der Waals surface area contributed by atoms with Crippen LogP contribution in [-0.4, -0.2) is 49.8 Å². The van der Waals surface area contributed by atoms with Crippen molar-refractivity contribution in [1.29, 1.82) is 0 Å². The Kier molecular flexibility index (Phi) is 6.61. The molecular formula is C15H32N2O. The smallest absolute Gasteiger partial charge is 0.0775 e. The number of likely N-dealkylation sites (tertiary alicyclic amines) is 1. The second-order valence-electron chi connectivity index (χ2n) is 6.17. The Morgan fingerprint density at radius 1 is 1.33 bits per heavy atom. The number of likely N-dealkylation sites (N-methyl/N-ethyl adjacent to an activating group) is 1. The molecular weight excluding hydrogens is 224 g/mol. The summed E-state index contributed by atoms with van der Waals surface area (Å²) in [5, 5.41) is 3.41. The zero-order valence-corrected chi connectivity index (χ0v) is 13.0. The van der Waals surface area contributed by atoms with Gasteiger partial charge in [-0.2, -0.15) is 0 Å². The first kappa shape index (κ1) is 15.9. The first-order valence-corrected chi connectivity index (χ1v) is 7.47. The molecule has 2 atom stereocenters. The van der Waals surface area contributed by atoms with E-state index in [9.17, 15) is 0 Å². The van der Waals surface area contributed by atoms with E-state index in [-0.39, 0.29) is 5.60 Å². The molecule has 0 radical (unpaired) electrons. The van der Waals surface area contributed by atoms with E-state index in [1.165, 1.54) is 38.8 Å². The molecule has 0 spiro atoms. The largest absolute Gasteiger partial charge is 0.377 e. The van der Waals surface area contributed by atoms with E-state index in [2.05, 4.69) is 31.0 Å². The lowest BCUT2D eigenvalue weighted by atomic mass is 9.95. The summed E-state index contributed by atoms with van der Waals surface area (Å²) >= 11 is 0. The van der Waals surface area contributed by atoms with Crippen LogP contribution in [-0.2, 0) is 4.74 Å². The van der Waals surface area contributed by atoms with Gasteiger partial charge in [-0.15, -0.1) is 0 Å². The number of nitrogens with one attached hydrogen (secondary N) is 1. The van der Waals surface area contributed by atoms with Gasteiger partial charge >= 0.3 is 0 Å². The Labute approximate surface area is 113 Å². The highest BCUT2D eigenvalue weighted by Crippen LogP contribution is 2.20. The van der Waals surface area contributed by atoms with E-state index in [4.69, 9.17) is 4.74 Å². The monoisotopic (exact) mass is 256 g/mol. The number of hydrogen-bond acceptors (Lipinski definition) is 3. The quantitative estimate of drug-likeness (QED) is 0.791. The van der Waals surface area contributed by atoms with E-state index in [0.29, 0.717) is 6.04 Å². The molecule has 1 rings (SSSR count). The summed E-state index contributed by atoms with van der Waals surface area (Å²) in [5.41, 5.74) is -0.0934. The third-order valence-electron chi connectivity index (χ3n) is 4.61. The second kappa shape index (κ2) is 7.46. The molecule has 3 nitrogen and oxygen atoms in total. The molecule has 0 aromatic heterocycles. The Bertz CT molecular complexity index is 231. The van der Waals surface area contributed by atoms with Gasteiger partial charge in [0.1, 0.15) is 0 Å². The van der Waals surface area contributed by atoms with Gasteiger partial charge < -0.3 is 15.0 Å². The van der Waals surface area contributed by atoms with Crippen LogP contribution in [0.1, 0.15) is 52.9 Å². The van der Waals surface area contributed by atoms with Gasteiger partial charge in [0, 0.05) is 25.7 Å². The lowest BCUT2D eigenvalue weighted by Gasteiger charge is -2.35. The molecule has 0 amide bonds. The number of methoxy groups -OCH3 is 1. The fourth-order valence-electron chi connectivity index (χ4n) is 2.94. The van der Waals surface area contributed by atoms with Crippen LogP contribution >= 0.6 is 0 Å². The molecule has 1 saturated heterocycles. The topological polar surface area (TPSA) is 24.5 Å². The number of nitrogens with zero attached hydrogens (tertiary/aromatic N) is 1. The van der Waals surface area contributed by atoms with Crippen molar-refractivity contribution in [3.63, 3.8) is 0 Å². The van der Waals surface area contributed by atoms with Crippen LogP contribution in [0, 0.1) is 0 Å². The van der Waals surface area contributed by atoms with Crippen molar-refractivity contribution in [2.75, 3.05) is 27.2 Å². The zero-order valence-electron chi connectivity index (χ0n) is 13.0. The van der Waals surface area contributed by atoms with Gasteiger partial charge in [0.05, 0.1) is 5.60 Å². The van der Waals surface area contributed by atoms with Gasteiger partial charge in [0.15, 0.2) is 0 Å². The van der Waals surface area contributed by atoms with Gasteiger partial charge in [0.2, 0.25) is 0 Å². The third-order valence-corrected chi connectivity index (χ3v) is 4.61. The minimum Gasteiger partial charge on any atom is -0.377 e. The summed E-state index contributed by atoms with van der Waals surface area (Å²) in [6.07, 6.45) is 6.68. The van der Waals surface area contributed by atoms with Crippen molar-refractivity contribution in [2.45, 2.75) is 70.6 Å². The summed E-state index contributed by atoms with van der Waals surface area (Å²) in [6, 6.07) is 1.16. The van der Waals surface area contributed by atoms with Gasteiger partial charge in [0.25, 0.3) is 0 Å². The SMILES string of the molecule is CNC(CCN1CCCCCC1C)C(C)(C)OC. The maximum atomic E-state index is 5.60. The highest BCUT2D eigenvalue weighted by atomic mass is 16.5. The molecule has 1 aliphatic heterocycles. The van der Waals surface area contributed by atoms with Crippen molar-refractivity contribution in [1.82, 2.24) is 10.2 Å². The van der Waals surface area contributed by atoms with Gasteiger partial charge in [-0.25, -0.2) is 0 Å². The van der Waals surface area contributed by atoms with Gasteiger partial charge in [-0.3, -0.25) is 0 Å². The molecule has 1 fully saturated rings. The standard InChI is InChI=1S/C15H32N2O/c1-13-9-7-6-8-11-17(13)12-10-14(16-4)15(2,3)18-5/h13-14,16H,6-12H2,1-5H3. The Morgan fingerprint density at radius 3 is 2.67 bits per heavy atom. The summed E-state index contributed by atoms with van der Waals surface area (Å²) < 4.78 is 5.60. The minimum atomic E-state index is -0.0934. The van der Waals surface area contributed by atoms with Crippen LogP contribution in [0.4, 0.5) is 0 Å². The van der Waals surface area contributed by atoms with E-state index in [1.54, 1.807) is 7.11 Å². The second-order valence-corrected chi connectivity index (χ2v) is 6.17. The molecule has 0 aromatic carbocycles. The molecule has 1 aliphatic rings. The molecule has 1 N–H and O–H groups in total. The average molecular weight is 256 g/mol.